The van der Waals surface area contributed by atoms with E-state index in [1.54, 1.807) is 6.21 Å². The van der Waals surface area contributed by atoms with Crippen LogP contribution in [0, 0.1) is 6.92 Å². The summed E-state index contributed by atoms with van der Waals surface area (Å²) in [6.07, 6.45) is 1.88. The maximum Gasteiger partial charge on any atom is 0.244 e. The molecule has 0 aromatic heterocycles. The fourth-order valence-corrected chi connectivity index (χ4v) is 2.76. The number of carbonyl (C=O) groups excluding carboxylic acids is 1. The molecule has 0 saturated heterocycles. The normalized spacial score (nSPS) is 10.8. The van der Waals surface area contributed by atoms with Crippen molar-refractivity contribution in [2.75, 3.05) is 0 Å². The van der Waals surface area contributed by atoms with Crippen LogP contribution in [0.25, 0.3) is 0 Å². The van der Waals surface area contributed by atoms with Crippen molar-refractivity contribution in [3.05, 3.63) is 100 Å². The molecule has 0 fully saturated rings. The number of nitrogens with one attached hydrogen (secondary N) is 1. The molecule has 0 aliphatic carbocycles. The van der Waals surface area contributed by atoms with Gasteiger partial charge in [-0.1, -0.05) is 71.8 Å². The first-order valence-corrected chi connectivity index (χ1v) is 9.32. The van der Waals surface area contributed by atoms with Crippen LogP contribution in [-0.2, 0) is 17.8 Å². The first-order valence-electron chi connectivity index (χ1n) is 8.94. The van der Waals surface area contributed by atoms with Gasteiger partial charge in [-0.15, -0.1) is 0 Å². The zero-order valence-electron chi connectivity index (χ0n) is 15.6. The molecule has 1 N–H and O–H groups in total. The molecule has 0 aliphatic rings. The summed E-state index contributed by atoms with van der Waals surface area (Å²) in [5.74, 6) is 0.543. The SMILES string of the molecule is Cc1ccc(CC(=O)N/N=C\c2cccc(OCc3ccccc3Cl)c2)cc1. The molecule has 3 aromatic carbocycles. The van der Waals surface area contributed by atoms with Gasteiger partial charge in [0.1, 0.15) is 12.4 Å². The van der Waals surface area contributed by atoms with Gasteiger partial charge >= 0.3 is 0 Å². The van der Waals surface area contributed by atoms with Gasteiger partial charge in [-0.25, -0.2) is 5.43 Å². The maximum atomic E-state index is 12.0. The predicted molar refractivity (Wildman–Crippen MR) is 113 cm³/mol. The predicted octanol–water partition coefficient (Wildman–Crippen LogP) is 4.92. The average Bonchev–Trinajstić information content (AvgIpc) is 2.69. The van der Waals surface area contributed by atoms with E-state index in [0.29, 0.717) is 23.8 Å². The highest BCUT2D eigenvalue weighted by Gasteiger charge is 2.03. The molecule has 1 amide bonds. The molecule has 0 heterocycles. The van der Waals surface area contributed by atoms with E-state index in [0.717, 1.165) is 16.7 Å². The van der Waals surface area contributed by atoms with E-state index in [4.69, 9.17) is 16.3 Å². The number of nitrogens with zero attached hydrogens (tertiary/aromatic N) is 1. The number of carbonyl (C=O) groups is 1. The van der Waals surface area contributed by atoms with E-state index in [1.165, 1.54) is 5.56 Å². The zero-order valence-corrected chi connectivity index (χ0v) is 16.3. The number of aryl methyl sites for hydroxylation is 1. The van der Waals surface area contributed by atoms with Crippen LogP contribution in [0.1, 0.15) is 22.3 Å². The lowest BCUT2D eigenvalue weighted by molar-refractivity contribution is -0.120. The third-order valence-electron chi connectivity index (χ3n) is 4.10. The van der Waals surface area contributed by atoms with Crippen molar-refractivity contribution in [3.63, 3.8) is 0 Å². The van der Waals surface area contributed by atoms with Crippen LogP contribution >= 0.6 is 11.6 Å². The highest BCUT2D eigenvalue weighted by atomic mass is 35.5. The van der Waals surface area contributed by atoms with Crippen LogP contribution in [0.2, 0.25) is 5.02 Å². The summed E-state index contributed by atoms with van der Waals surface area (Å²) in [7, 11) is 0. The topological polar surface area (TPSA) is 50.7 Å². The zero-order chi connectivity index (χ0) is 19.8. The third kappa shape index (κ3) is 5.96. The minimum Gasteiger partial charge on any atom is -0.489 e. The molecule has 3 rings (SSSR count). The number of halogens is 1. The fraction of sp³-hybridized carbons (Fsp3) is 0.130. The lowest BCUT2D eigenvalue weighted by atomic mass is 10.1. The second-order valence-corrected chi connectivity index (χ2v) is 6.82. The summed E-state index contributed by atoms with van der Waals surface area (Å²) in [6, 6.07) is 22.9. The lowest BCUT2D eigenvalue weighted by Gasteiger charge is -2.08. The summed E-state index contributed by atoms with van der Waals surface area (Å²) in [6.45, 7) is 2.40. The maximum absolute atomic E-state index is 12.0. The fourth-order valence-electron chi connectivity index (χ4n) is 2.57. The molecule has 4 nitrogen and oxygen atoms in total. The lowest BCUT2D eigenvalue weighted by Crippen LogP contribution is -2.19. The highest BCUT2D eigenvalue weighted by molar-refractivity contribution is 6.31. The molecular weight excluding hydrogens is 372 g/mol. The minimum absolute atomic E-state index is 0.161. The smallest absolute Gasteiger partial charge is 0.244 e. The van der Waals surface area contributed by atoms with Crippen LogP contribution in [0.15, 0.2) is 77.9 Å². The van der Waals surface area contributed by atoms with E-state index in [2.05, 4.69) is 10.5 Å². The average molecular weight is 393 g/mol. The number of amides is 1. The van der Waals surface area contributed by atoms with E-state index < -0.39 is 0 Å². The van der Waals surface area contributed by atoms with Gasteiger partial charge in [0.25, 0.3) is 0 Å². The van der Waals surface area contributed by atoms with Crippen molar-refractivity contribution in [1.82, 2.24) is 5.43 Å². The van der Waals surface area contributed by atoms with E-state index >= 15 is 0 Å². The number of rotatable bonds is 7. The minimum atomic E-state index is -0.161. The first-order chi connectivity index (χ1) is 13.6. The Balaban J connectivity index is 1.52. The second-order valence-electron chi connectivity index (χ2n) is 6.41. The van der Waals surface area contributed by atoms with Crippen molar-refractivity contribution >= 4 is 23.7 Å². The Morgan fingerprint density at radius 3 is 2.64 bits per heavy atom. The first kappa shape index (κ1) is 19.6. The standard InChI is InChI=1S/C23H21ClN2O2/c1-17-9-11-18(12-10-17)14-23(27)26-25-15-19-5-4-7-21(13-19)28-16-20-6-2-3-8-22(20)24/h2-13,15H,14,16H2,1H3,(H,26,27)/b25-15-. The van der Waals surface area contributed by atoms with Gasteiger partial charge in [-0.2, -0.15) is 5.10 Å². The van der Waals surface area contributed by atoms with Crippen LogP contribution < -0.4 is 10.2 Å². The Labute approximate surface area is 169 Å². The number of hydrogen-bond acceptors (Lipinski definition) is 3. The highest BCUT2D eigenvalue weighted by Crippen LogP contribution is 2.19. The number of hydrogen-bond donors (Lipinski definition) is 1. The van der Waals surface area contributed by atoms with Crippen LogP contribution in [0.4, 0.5) is 0 Å². The Morgan fingerprint density at radius 2 is 1.86 bits per heavy atom. The van der Waals surface area contributed by atoms with E-state index in [-0.39, 0.29) is 5.91 Å². The summed E-state index contributed by atoms with van der Waals surface area (Å²) >= 11 is 6.14. The number of ether oxygens (including phenoxy) is 1. The van der Waals surface area contributed by atoms with Crippen molar-refractivity contribution in [3.8, 4) is 5.75 Å². The summed E-state index contributed by atoms with van der Waals surface area (Å²) in [4.78, 5) is 12.0. The van der Waals surface area contributed by atoms with Crippen LogP contribution in [-0.4, -0.2) is 12.1 Å². The molecule has 0 radical (unpaired) electrons. The molecule has 0 saturated carbocycles. The Bertz CT molecular complexity index is 968. The van der Waals surface area contributed by atoms with Crippen molar-refractivity contribution in [1.29, 1.82) is 0 Å². The van der Waals surface area contributed by atoms with Gasteiger partial charge in [-0.3, -0.25) is 4.79 Å². The van der Waals surface area contributed by atoms with E-state index in [1.807, 2.05) is 79.7 Å². The Hall–Kier alpha value is -3.11. The van der Waals surface area contributed by atoms with Crippen LogP contribution in [0.5, 0.6) is 5.75 Å². The molecule has 5 heteroatoms. The number of hydrazone groups is 1. The van der Waals surface area contributed by atoms with Crippen LogP contribution in [0.3, 0.4) is 0 Å². The Kier molecular flexibility index (Phi) is 6.82. The summed E-state index contributed by atoms with van der Waals surface area (Å²) in [5, 5.41) is 4.70. The largest absolute Gasteiger partial charge is 0.489 e. The van der Waals surface area contributed by atoms with Crippen molar-refractivity contribution < 1.29 is 9.53 Å². The van der Waals surface area contributed by atoms with E-state index in [9.17, 15) is 4.79 Å². The summed E-state index contributed by atoms with van der Waals surface area (Å²) in [5.41, 5.74) is 6.42. The molecule has 0 atom stereocenters. The second kappa shape index (κ2) is 9.72. The van der Waals surface area contributed by atoms with Gasteiger partial charge in [-0.05, 0) is 36.2 Å². The molecule has 0 aliphatic heterocycles. The van der Waals surface area contributed by atoms with Gasteiger partial charge in [0.05, 0.1) is 12.6 Å². The molecule has 3 aromatic rings. The molecule has 0 bridgehead atoms. The van der Waals surface area contributed by atoms with Crippen molar-refractivity contribution in [2.24, 2.45) is 5.10 Å². The molecule has 0 spiro atoms. The van der Waals surface area contributed by atoms with Gasteiger partial charge in [0.2, 0.25) is 5.91 Å². The van der Waals surface area contributed by atoms with Crippen molar-refractivity contribution in [2.45, 2.75) is 20.0 Å². The molecule has 0 unspecified atom stereocenters. The Morgan fingerprint density at radius 1 is 1.07 bits per heavy atom. The third-order valence-corrected chi connectivity index (χ3v) is 4.47. The van der Waals surface area contributed by atoms with Gasteiger partial charge < -0.3 is 4.74 Å². The number of benzene rings is 3. The molecular formula is C23H21ClN2O2. The summed E-state index contributed by atoms with van der Waals surface area (Å²) < 4.78 is 5.80. The monoisotopic (exact) mass is 392 g/mol. The molecule has 142 valence electrons. The van der Waals surface area contributed by atoms with Gasteiger partial charge in [0.15, 0.2) is 0 Å². The molecule has 28 heavy (non-hydrogen) atoms. The van der Waals surface area contributed by atoms with Gasteiger partial charge in [0, 0.05) is 10.6 Å². The quantitative estimate of drug-likeness (QED) is 0.458.